The van der Waals surface area contributed by atoms with E-state index in [1.54, 1.807) is 30.5 Å². The summed E-state index contributed by atoms with van der Waals surface area (Å²) in [6.45, 7) is 0.511. The Hall–Kier alpha value is -3.93. The average Bonchev–Trinajstić information content (AvgIpc) is 3.18. The standard InChI is InChI=1S/C24H20FN3O2/c25-21-14-17(7-9-23(21)30-19-4-3-12-26-16-19)8-10-24(29)27-13-11-18-15-28-22-6-2-1-5-20(18)22/h1-10,12,14-16,28H,11,13H2,(H,27,29)/b10-8+. The van der Waals surface area contributed by atoms with Crippen LogP contribution in [0.2, 0.25) is 0 Å². The number of nitrogens with zero attached hydrogens (tertiary/aromatic N) is 1. The molecule has 150 valence electrons. The first-order chi connectivity index (χ1) is 14.7. The fraction of sp³-hybridized carbons (Fsp3) is 0.0833. The summed E-state index contributed by atoms with van der Waals surface area (Å²) in [4.78, 5) is 19.2. The molecule has 4 aromatic rings. The first-order valence-electron chi connectivity index (χ1n) is 9.57. The molecule has 0 unspecified atom stereocenters. The maximum absolute atomic E-state index is 14.3. The lowest BCUT2D eigenvalue weighted by Gasteiger charge is -2.06. The van der Waals surface area contributed by atoms with Gasteiger partial charge in [0, 0.05) is 35.9 Å². The highest BCUT2D eigenvalue weighted by Crippen LogP contribution is 2.24. The first-order valence-corrected chi connectivity index (χ1v) is 9.57. The minimum Gasteiger partial charge on any atom is -0.453 e. The lowest BCUT2D eigenvalue weighted by molar-refractivity contribution is -0.116. The third kappa shape index (κ3) is 4.72. The molecule has 2 N–H and O–H groups in total. The number of benzene rings is 2. The summed E-state index contributed by atoms with van der Waals surface area (Å²) in [5.74, 6) is -0.190. The predicted molar refractivity (Wildman–Crippen MR) is 115 cm³/mol. The minimum atomic E-state index is -0.513. The van der Waals surface area contributed by atoms with Gasteiger partial charge in [0.05, 0.1) is 6.20 Å². The van der Waals surface area contributed by atoms with E-state index in [0.29, 0.717) is 17.9 Å². The molecular weight excluding hydrogens is 381 g/mol. The number of aromatic nitrogens is 2. The van der Waals surface area contributed by atoms with Crippen molar-refractivity contribution in [3.05, 3.63) is 96.2 Å². The number of halogens is 1. The molecule has 0 bridgehead atoms. The number of fused-ring (bicyclic) bond motifs is 1. The Balaban J connectivity index is 1.31. The largest absolute Gasteiger partial charge is 0.453 e. The number of hydrogen-bond donors (Lipinski definition) is 2. The maximum atomic E-state index is 14.3. The summed E-state index contributed by atoms with van der Waals surface area (Å²) in [5, 5.41) is 4.01. The van der Waals surface area contributed by atoms with Gasteiger partial charge in [-0.2, -0.15) is 0 Å². The molecule has 0 radical (unpaired) electrons. The predicted octanol–water partition coefficient (Wildman–Crippen LogP) is 4.87. The Morgan fingerprint density at radius 2 is 2.07 bits per heavy atom. The fourth-order valence-electron chi connectivity index (χ4n) is 3.13. The second-order valence-electron chi connectivity index (χ2n) is 6.71. The van der Waals surface area contributed by atoms with Gasteiger partial charge in [0.1, 0.15) is 5.75 Å². The van der Waals surface area contributed by atoms with Gasteiger partial charge in [0.15, 0.2) is 11.6 Å². The molecule has 0 saturated carbocycles. The summed E-state index contributed by atoms with van der Waals surface area (Å²) in [7, 11) is 0. The van der Waals surface area contributed by atoms with Crippen LogP contribution in [0.4, 0.5) is 4.39 Å². The third-order valence-electron chi connectivity index (χ3n) is 4.61. The maximum Gasteiger partial charge on any atom is 0.244 e. The normalized spacial score (nSPS) is 11.1. The number of amides is 1. The van der Waals surface area contributed by atoms with Gasteiger partial charge in [-0.3, -0.25) is 9.78 Å². The molecule has 0 fully saturated rings. The quantitative estimate of drug-likeness (QED) is 0.434. The number of nitrogens with one attached hydrogen (secondary N) is 2. The smallest absolute Gasteiger partial charge is 0.244 e. The van der Waals surface area contributed by atoms with E-state index >= 15 is 0 Å². The average molecular weight is 401 g/mol. The van der Waals surface area contributed by atoms with Gasteiger partial charge in [-0.05, 0) is 54.0 Å². The molecule has 0 aliphatic carbocycles. The number of ether oxygens (including phenoxy) is 1. The van der Waals surface area contributed by atoms with Crippen molar-refractivity contribution in [3.8, 4) is 11.5 Å². The molecule has 0 aliphatic rings. The van der Waals surface area contributed by atoms with E-state index in [1.165, 1.54) is 24.4 Å². The molecule has 6 heteroatoms. The zero-order valence-corrected chi connectivity index (χ0v) is 16.1. The second kappa shape index (κ2) is 9.05. The lowest BCUT2D eigenvalue weighted by atomic mass is 10.1. The molecule has 30 heavy (non-hydrogen) atoms. The minimum absolute atomic E-state index is 0.100. The summed E-state index contributed by atoms with van der Waals surface area (Å²) < 4.78 is 19.7. The Kier molecular flexibility index (Phi) is 5.85. The topological polar surface area (TPSA) is 67.0 Å². The summed E-state index contributed by atoms with van der Waals surface area (Å²) >= 11 is 0. The van der Waals surface area contributed by atoms with Crippen LogP contribution in [-0.4, -0.2) is 22.4 Å². The van der Waals surface area contributed by atoms with Gasteiger partial charge in [0.25, 0.3) is 0 Å². The SMILES string of the molecule is O=C(/C=C/c1ccc(Oc2cccnc2)c(F)c1)NCCc1c[nH]c2ccccc12. The summed E-state index contributed by atoms with van der Waals surface area (Å²) in [6, 6.07) is 16.0. The number of para-hydroxylation sites is 1. The molecule has 4 rings (SSSR count). The zero-order chi connectivity index (χ0) is 20.8. The number of rotatable bonds is 7. The Morgan fingerprint density at radius 3 is 2.90 bits per heavy atom. The van der Waals surface area contributed by atoms with Crippen molar-refractivity contribution in [2.45, 2.75) is 6.42 Å². The van der Waals surface area contributed by atoms with E-state index < -0.39 is 5.82 Å². The van der Waals surface area contributed by atoms with Crippen LogP contribution in [-0.2, 0) is 11.2 Å². The van der Waals surface area contributed by atoms with Crippen LogP contribution < -0.4 is 10.1 Å². The van der Waals surface area contributed by atoms with Crippen molar-refractivity contribution in [3.63, 3.8) is 0 Å². The van der Waals surface area contributed by atoms with E-state index in [-0.39, 0.29) is 11.7 Å². The summed E-state index contributed by atoms with van der Waals surface area (Å²) in [6.07, 6.45) is 8.77. The Labute approximate surface area is 173 Å². The van der Waals surface area contributed by atoms with Crippen LogP contribution in [0.1, 0.15) is 11.1 Å². The molecule has 1 amide bonds. The first kappa shape index (κ1) is 19.4. The van der Waals surface area contributed by atoms with Gasteiger partial charge in [-0.1, -0.05) is 24.3 Å². The van der Waals surface area contributed by atoms with Crippen LogP contribution >= 0.6 is 0 Å². The number of carbonyl (C=O) groups is 1. The third-order valence-corrected chi connectivity index (χ3v) is 4.61. The van der Waals surface area contributed by atoms with Gasteiger partial charge in [-0.25, -0.2) is 4.39 Å². The highest BCUT2D eigenvalue weighted by atomic mass is 19.1. The van der Waals surface area contributed by atoms with E-state index in [1.807, 2.05) is 24.4 Å². The van der Waals surface area contributed by atoms with Crippen LogP contribution in [0.25, 0.3) is 17.0 Å². The van der Waals surface area contributed by atoms with E-state index in [2.05, 4.69) is 21.4 Å². The van der Waals surface area contributed by atoms with Gasteiger partial charge in [0.2, 0.25) is 5.91 Å². The molecule has 2 heterocycles. The van der Waals surface area contributed by atoms with Crippen LogP contribution in [0.5, 0.6) is 11.5 Å². The number of H-pyrrole nitrogens is 1. The number of aromatic amines is 1. The van der Waals surface area contributed by atoms with E-state index in [0.717, 1.165) is 22.9 Å². The zero-order valence-electron chi connectivity index (χ0n) is 16.1. The van der Waals surface area contributed by atoms with Crippen molar-refractivity contribution in [2.24, 2.45) is 0 Å². The molecular formula is C24H20FN3O2. The molecule has 0 atom stereocenters. The van der Waals surface area contributed by atoms with Gasteiger partial charge in [-0.15, -0.1) is 0 Å². The molecule has 5 nitrogen and oxygen atoms in total. The molecule has 0 aliphatic heterocycles. The Morgan fingerprint density at radius 1 is 1.17 bits per heavy atom. The fourth-order valence-corrected chi connectivity index (χ4v) is 3.13. The number of hydrogen-bond acceptors (Lipinski definition) is 3. The molecule has 2 aromatic heterocycles. The Bertz CT molecular complexity index is 1190. The van der Waals surface area contributed by atoms with Crippen molar-refractivity contribution >= 4 is 22.9 Å². The monoisotopic (exact) mass is 401 g/mol. The highest BCUT2D eigenvalue weighted by Gasteiger charge is 2.06. The van der Waals surface area contributed by atoms with Crippen molar-refractivity contribution in [2.75, 3.05) is 6.54 Å². The second-order valence-corrected chi connectivity index (χ2v) is 6.71. The van der Waals surface area contributed by atoms with Gasteiger partial charge < -0.3 is 15.0 Å². The number of carbonyl (C=O) groups excluding carboxylic acids is 1. The molecule has 0 saturated heterocycles. The van der Waals surface area contributed by atoms with Crippen molar-refractivity contribution in [1.82, 2.24) is 15.3 Å². The molecule has 0 spiro atoms. The van der Waals surface area contributed by atoms with Gasteiger partial charge >= 0.3 is 0 Å². The van der Waals surface area contributed by atoms with Crippen LogP contribution in [0.15, 0.2) is 79.3 Å². The van der Waals surface area contributed by atoms with Crippen molar-refractivity contribution < 1.29 is 13.9 Å². The van der Waals surface area contributed by atoms with E-state index in [4.69, 9.17) is 4.74 Å². The van der Waals surface area contributed by atoms with Crippen LogP contribution in [0.3, 0.4) is 0 Å². The molecule has 2 aromatic carbocycles. The summed E-state index contributed by atoms with van der Waals surface area (Å²) in [5.41, 5.74) is 2.80. The van der Waals surface area contributed by atoms with E-state index in [9.17, 15) is 9.18 Å². The van der Waals surface area contributed by atoms with Crippen molar-refractivity contribution in [1.29, 1.82) is 0 Å². The van der Waals surface area contributed by atoms with Crippen LogP contribution in [0, 0.1) is 5.82 Å². The number of pyridine rings is 1. The highest BCUT2D eigenvalue weighted by molar-refractivity contribution is 5.91. The lowest BCUT2D eigenvalue weighted by Crippen LogP contribution is -2.23.